The van der Waals surface area contributed by atoms with E-state index in [0.29, 0.717) is 12.5 Å². The third-order valence-electron chi connectivity index (χ3n) is 3.64. The molecule has 1 aromatic heterocycles. The van der Waals surface area contributed by atoms with Crippen LogP contribution in [0, 0.1) is 19.7 Å². The van der Waals surface area contributed by atoms with Gasteiger partial charge in [-0.15, -0.1) is 24.0 Å². The molecular weight excluding hydrogens is 444 g/mol. The molecule has 0 fully saturated rings. The lowest BCUT2D eigenvalue weighted by Gasteiger charge is -2.07. The lowest BCUT2D eigenvalue weighted by molar-refractivity contribution is 0.627. The van der Waals surface area contributed by atoms with E-state index in [4.69, 9.17) is 5.73 Å². The average Bonchev–Trinajstić information content (AvgIpc) is 3.01. The number of nitrogens with one attached hydrogen (secondary N) is 1. The monoisotopic (exact) mass is 465 g/mol. The van der Waals surface area contributed by atoms with E-state index < -0.39 is 0 Å². The number of nitrogens with zero attached hydrogens (tertiary/aromatic N) is 3. The first kappa shape index (κ1) is 19.9. The van der Waals surface area contributed by atoms with Gasteiger partial charge in [0.25, 0.3) is 0 Å². The molecule has 1 heterocycles. The summed E-state index contributed by atoms with van der Waals surface area (Å²) in [5.41, 5.74) is 10.7. The highest BCUT2D eigenvalue weighted by atomic mass is 127. The maximum absolute atomic E-state index is 13.0. The van der Waals surface area contributed by atoms with Gasteiger partial charge >= 0.3 is 0 Å². The second-order valence-electron chi connectivity index (χ2n) is 5.93. The van der Waals surface area contributed by atoms with Crippen LogP contribution < -0.4 is 11.1 Å². The Labute approximate surface area is 169 Å². The predicted octanol–water partition coefficient (Wildman–Crippen LogP) is 4.17. The van der Waals surface area contributed by atoms with Crippen molar-refractivity contribution in [3.05, 3.63) is 77.4 Å². The fourth-order valence-electron chi connectivity index (χ4n) is 2.58. The number of aromatic nitrogens is 2. The van der Waals surface area contributed by atoms with Gasteiger partial charge in [0.1, 0.15) is 5.82 Å². The first-order valence-corrected chi connectivity index (χ1v) is 7.95. The Morgan fingerprint density at radius 1 is 1.12 bits per heavy atom. The molecule has 26 heavy (non-hydrogen) atoms. The second-order valence-corrected chi connectivity index (χ2v) is 5.93. The summed E-state index contributed by atoms with van der Waals surface area (Å²) in [6, 6.07) is 14.1. The molecule has 3 rings (SSSR count). The Kier molecular flexibility index (Phi) is 6.73. The Bertz CT molecular complexity index is 882. The number of nitrogens with two attached hydrogens (primary N) is 1. The van der Waals surface area contributed by atoms with Crippen molar-refractivity contribution in [3.8, 4) is 5.69 Å². The Hall–Kier alpha value is -2.42. The van der Waals surface area contributed by atoms with Crippen LogP contribution >= 0.6 is 24.0 Å². The summed E-state index contributed by atoms with van der Waals surface area (Å²) in [5.74, 6) is 0.0623. The van der Waals surface area contributed by atoms with Crippen LogP contribution in [-0.2, 0) is 6.54 Å². The van der Waals surface area contributed by atoms with Crippen molar-refractivity contribution in [2.75, 3.05) is 5.32 Å². The summed E-state index contributed by atoms with van der Waals surface area (Å²) in [7, 11) is 0. The van der Waals surface area contributed by atoms with Crippen molar-refractivity contribution >= 4 is 35.6 Å². The number of rotatable bonds is 4. The van der Waals surface area contributed by atoms with Crippen LogP contribution in [0.4, 0.5) is 10.1 Å². The molecule has 0 bridgehead atoms. The molecule has 2 aromatic carbocycles. The number of hydrogen-bond acceptors (Lipinski definition) is 2. The minimum Gasteiger partial charge on any atom is -0.370 e. The molecule has 136 valence electrons. The van der Waals surface area contributed by atoms with Crippen LogP contribution in [0.15, 0.2) is 59.7 Å². The maximum Gasteiger partial charge on any atom is 0.193 e. The van der Waals surface area contributed by atoms with Crippen molar-refractivity contribution in [2.24, 2.45) is 10.7 Å². The number of aliphatic imine (C=N–C) groups is 1. The fourth-order valence-corrected chi connectivity index (χ4v) is 2.58. The molecule has 0 spiro atoms. The molecule has 0 saturated carbocycles. The summed E-state index contributed by atoms with van der Waals surface area (Å²) in [5, 5.41) is 7.51. The molecule has 0 aliphatic heterocycles. The van der Waals surface area contributed by atoms with Gasteiger partial charge in [-0.2, -0.15) is 5.10 Å². The van der Waals surface area contributed by atoms with Crippen molar-refractivity contribution in [1.29, 1.82) is 0 Å². The van der Waals surface area contributed by atoms with Gasteiger partial charge in [0.05, 0.1) is 17.9 Å². The highest BCUT2D eigenvalue weighted by Crippen LogP contribution is 2.13. The molecule has 0 atom stereocenters. The third-order valence-corrected chi connectivity index (χ3v) is 3.64. The normalized spacial score (nSPS) is 11.1. The lowest BCUT2D eigenvalue weighted by atomic mass is 10.1. The molecule has 7 heteroatoms. The van der Waals surface area contributed by atoms with E-state index in [-0.39, 0.29) is 29.8 Å². The highest BCUT2D eigenvalue weighted by Gasteiger charge is 2.02. The van der Waals surface area contributed by atoms with Gasteiger partial charge in [0, 0.05) is 11.9 Å². The lowest BCUT2D eigenvalue weighted by Crippen LogP contribution is -2.22. The Morgan fingerprint density at radius 3 is 2.42 bits per heavy atom. The van der Waals surface area contributed by atoms with Crippen LogP contribution in [-0.4, -0.2) is 15.7 Å². The van der Waals surface area contributed by atoms with Gasteiger partial charge in [-0.1, -0.05) is 6.07 Å². The molecule has 3 N–H and O–H groups in total. The van der Waals surface area contributed by atoms with Crippen LogP contribution in [0.1, 0.15) is 16.8 Å². The van der Waals surface area contributed by atoms with Gasteiger partial charge in [-0.25, -0.2) is 14.1 Å². The van der Waals surface area contributed by atoms with Gasteiger partial charge in [-0.05, 0) is 67.4 Å². The van der Waals surface area contributed by atoms with Crippen molar-refractivity contribution in [1.82, 2.24) is 9.78 Å². The molecule has 0 radical (unpaired) electrons. The van der Waals surface area contributed by atoms with Crippen molar-refractivity contribution in [3.63, 3.8) is 0 Å². The first-order chi connectivity index (χ1) is 12.0. The predicted molar refractivity (Wildman–Crippen MR) is 114 cm³/mol. The molecule has 3 aromatic rings. The Balaban J connectivity index is 0.00000243. The third kappa shape index (κ3) is 5.29. The molecule has 0 aliphatic rings. The van der Waals surface area contributed by atoms with E-state index in [1.165, 1.54) is 12.1 Å². The number of hydrogen-bond donors (Lipinski definition) is 2. The quantitative estimate of drug-likeness (QED) is 0.345. The molecule has 0 amide bonds. The summed E-state index contributed by atoms with van der Waals surface area (Å²) in [6.07, 6.45) is 1.81. The number of anilines is 1. The van der Waals surface area contributed by atoms with Crippen molar-refractivity contribution < 1.29 is 4.39 Å². The van der Waals surface area contributed by atoms with Crippen LogP contribution in [0.3, 0.4) is 0 Å². The summed E-state index contributed by atoms with van der Waals surface area (Å²) in [6.45, 7) is 4.43. The minimum atomic E-state index is -0.272. The average molecular weight is 465 g/mol. The fraction of sp³-hybridized carbons (Fsp3) is 0.158. The van der Waals surface area contributed by atoms with E-state index in [1.807, 2.05) is 38.2 Å². The van der Waals surface area contributed by atoms with Crippen molar-refractivity contribution in [2.45, 2.75) is 20.4 Å². The SMILES string of the molecule is Cc1cc(C)cc(NC(N)=NCc2ccn(-c3ccc(F)cc3)n2)c1.I. The topological polar surface area (TPSA) is 68.2 Å². The largest absolute Gasteiger partial charge is 0.370 e. The number of halogens is 2. The molecule has 0 unspecified atom stereocenters. The van der Waals surface area contributed by atoms with E-state index in [1.54, 1.807) is 16.8 Å². The zero-order chi connectivity index (χ0) is 17.8. The van der Waals surface area contributed by atoms with Crippen LogP contribution in [0.25, 0.3) is 5.69 Å². The van der Waals surface area contributed by atoms with E-state index >= 15 is 0 Å². The molecule has 0 aliphatic carbocycles. The Morgan fingerprint density at radius 2 is 1.77 bits per heavy atom. The maximum atomic E-state index is 13.0. The minimum absolute atomic E-state index is 0. The zero-order valence-corrected chi connectivity index (χ0v) is 16.9. The highest BCUT2D eigenvalue weighted by molar-refractivity contribution is 14.0. The van der Waals surface area contributed by atoms with E-state index in [2.05, 4.69) is 21.5 Å². The van der Waals surface area contributed by atoms with Gasteiger partial charge < -0.3 is 11.1 Å². The van der Waals surface area contributed by atoms with Gasteiger partial charge in [-0.3, -0.25) is 0 Å². The van der Waals surface area contributed by atoms with E-state index in [9.17, 15) is 4.39 Å². The number of benzene rings is 2. The number of aryl methyl sites for hydroxylation is 2. The smallest absolute Gasteiger partial charge is 0.193 e. The first-order valence-electron chi connectivity index (χ1n) is 7.95. The second kappa shape index (κ2) is 8.79. The van der Waals surface area contributed by atoms with Gasteiger partial charge in [0.15, 0.2) is 5.96 Å². The molecule has 0 saturated heterocycles. The number of guanidine groups is 1. The van der Waals surface area contributed by atoms with Crippen LogP contribution in [0.5, 0.6) is 0 Å². The summed E-state index contributed by atoms with van der Waals surface area (Å²) >= 11 is 0. The zero-order valence-electron chi connectivity index (χ0n) is 14.6. The molecule has 5 nitrogen and oxygen atoms in total. The summed E-state index contributed by atoms with van der Waals surface area (Å²) in [4.78, 5) is 4.32. The van der Waals surface area contributed by atoms with Crippen LogP contribution in [0.2, 0.25) is 0 Å². The molecular formula is C19H21FIN5. The summed E-state index contributed by atoms with van der Waals surface area (Å²) < 4.78 is 14.7. The standard InChI is InChI=1S/C19H20FN5.HI/c1-13-9-14(2)11-17(10-13)23-19(21)22-12-16-7-8-25(24-16)18-5-3-15(20)4-6-18;/h3-11H,12H2,1-2H3,(H3,21,22,23);1H. The van der Waals surface area contributed by atoms with E-state index in [0.717, 1.165) is 28.2 Å². The van der Waals surface area contributed by atoms with Gasteiger partial charge in [0.2, 0.25) is 0 Å².